The van der Waals surface area contributed by atoms with Crippen LogP contribution in [0.5, 0.6) is 0 Å². The van der Waals surface area contributed by atoms with E-state index in [4.69, 9.17) is 0 Å². The van der Waals surface area contributed by atoms with Crippen molar-refractivity contribution in [1.29, 1.82) is 0 Å². The van der Waals surface area contributed by atoms with Crippen molar-refractivity contribution in [2.24, 2.45) is 0 Å². The Balaban J connectivity index is 1.05. The average molecular weight is 730 g/mol. The van der Waals surface area contributed by atoms with Crippen molar-refractivity contribution in [3.05, 3.63) is 212 Å². The lowest BCUT2D eigenvalue weighted by Gasteiger charge is -2.26. The Hall–Kier alpha value is -7.00. The van der Waals surface area contributed by atoms with Gasteiger partial charge in [-0.05, 0) is 114 Å². The first-order valence-corrected chi connectivity index (χ1v) is 20.0. The smallest absolute Gasteiger partial charge is 0.0467 e. The van der Waals surface area contributed by atoms with Crippen molar-refractivity contribution in [2.75, 3.05) is 4.90 Å². The molecule has 0 aliphatic rings. The highest BCUT2D eigenvalue weighted by Crippen LogP contribution is 2.44. The molecular formula is C54H35NS. The summed E-state index contributed by atoms with van der Waals surface area (Å²) in [7, 11) is 0. The van der Waals surface area contributed by atoms with Crippen LogP contribution in [0.15, 0.2) is 212 Å². The summed E-state index contributed by atoms with van der Waals surface area (Å²) < 4.78 is 2.63. The Morgan fingerprint density at radius 1 is 0.286 bits per heavy atom. The van der Waals surface area contributed by atoms with Crippen molar-refractivity contribution in [1.82, 2.24) is 0 Å². The number of nitrogens with zero attached hydrogens (tertiary/aromatic N) is 1. The highest BCUT2D eigenvalue weighted by atomic mass is 32.1. The van der Waals surface area contributed by atoms with Gasteiger partial charge in [-0.25, -0.2) is 0 Å². The Morgan fingerprint density at radius 3 is 1.68 bits per heavy atom. The molecule has 1 aromatic heterocycles. The van der Waals surface area contributed by atoms with E-state index in [9.17, 15) is 0 Å². The molecule has 0 saturated carbocycles. The second kappa shape index (κ2) is 13.4. The third-order valence-corrected chi connectivity index (χ3v) is 12.4. The third kappa shape index (κ3) is 5.46. The lowest BCUT2D eigenvalue weighted by molar-refractivity contribution is 1.28. The summed E-state index contributed by atoms with van der Waals surface area (Å²) in [6.07, 6.45) is 0. The van der Waals surface area contributed by atoms with Crippen LogP contribution in [0.4, 0.5) is 17.1 Å². The van der Waals surface area contributed by atoms with E-state index < -0.39 is 0 Å². The van der Waals surface area contributed by atoms with Crippen LogP contribution in [0.3, 0.4) is 0 Å². The van der Waals surface area contributed by atoms with Gasteiger partial charge in [0.05, 0.1) is 0 Å². The third-order valence-electron chi connectivity index (χ3n) is 11.3. The molecule has 0 fully saturated rings. The van der Waals surface area contributed by atoms with E-state index in [1.54, 1.807) is 0 Å². The van der Waals surface area contributed by atoms with Gasteiger partial charge in [-0.1, -0.05) is 164 Å². The Labute approximate surface area is 330 Å². The summed E-state index contributed by atoms with van der Waals surface area (Å²) in [5, 5.41) is 10.3. The van der Waals surface area contributed by atoms with Crippen molar-refractivity contribution in [2.45, 2.75) is 0 Å². The molecule has 2 heteroatoms. The van der Waals surface area contributed by atoms with Gasteiger partial charge in [0, 0.05) is 37.2 Å². The number of anilines is 3. The zero-order valence-corrected chi connectivity index (χ0v) is 31.4. The highest BCUT2D eigenvalue weighted by molar-refractivity contribution is 7.25. The largest absolute Gasteiger partial charge is 0.310 e. The molecule has 1 nitrogen and oxygen atoms in total. The molecule has 0 unspecified atom stereocenters. The minimum atomic E-state index is 1.11. The van der Waals surface area contributed by atoms with Crippen LogP contribution in [-0.4, -0.2) is 0 Å². The first-order chi connectivity index (χ1) is 27.8. The fourth-order valence-electron chi connectivity index (χ4n) is 8.62. The van der Waals surface area contributed by atoms with Gasteiger partial charge in [-0.15, -0.1) is 11.3 Å². The maximum atomic E-state index is 2.39. The summed E-state index contributed by atoms with van der Waals surface area (Å²) >= 11 is 1.86. The van der Waals surface area contributed by atoms with Crippen LogP contribution < -0.4 is 4.90 Å². The SMILES string of the molecule is c1ccc(-c2ccc(N(c3ccc(-c4cccc5ccc6c7ccccc7ccc6c45)cc3)c3cccc(-c4cccc5sc6ccccc6c45)c3)cc2)cc1. The molecule has 0 amide bonds. The van der Waals surface area contributed by atoms with E-state index in [1.807, 2.05) is 11.3 Å². The van der Waals surface area contributed by atoms with Gasteiger partial charge in [0.15, 0.2) is 0 Å². The highest BCUT2D eigenvalue weighted by Gasteiger charge is 2.17. The van der Waals surface area contributed by atoms with Gasteiger partial charge in [-0.2, -0.15) is 0 Å². The fourth-order valence-corrected chi connectivity index (χ4v) is 9.75. The summed E-state index contributed by atoms with van der Waals surface area (Å²) in [6.45, 7) is 0. The summed E-state index contributed by atoms with van der Waals surface area (Å²) in [6, 6.07) is 77.7. The Bertz CT molecular complexity index is 3230. The summed E-state index contributed by atoms with van der Waals surface area (Å²) in [5.74, 6) is 0. The molecule has 0 N–H and O–H groups in total. The van der Waals surface area contributed by atoms with Crippen molar-refractivity contribution in [3.63, 3.8) is 0 Å². The van der Waals surface area contributed by atoms with Gasteiger partial charge in [0.25, 0.3) is 0 Å². The van der Waals surface area contributed by atoms with E-state index >= 15 is 0 Å². The number of hydrogen-bond donors (Lipinski definition) is 0. The maximum Gasteiger partial charge on any atom is 0.0467 e. The minimum Gasteiger partial charge on any atom is -0.310 e. The van der Waals surface area contributed by atoms with Gasteiger partial charge >= 0.3 is 0 Å². The van der Waals surface area contributed by atoms with Gasteiger partial charge in [0.2, 0.25) is 0 Å². The summed E-state index contributed by atoms with van der Waals surface area (Å²) in [5.41, 5.74) is 10.6. The zero-order chi connectivity index (χ0) is 37.0. The van der Waals surface area contributed by atoms with Crippen LogP contribution in [0, 0.1) is 0 Å². The van der Waals surface area contributed by atoms with E-state index in [-0.39, 0.29) is 0 Å². The predicted octanol–water partition coefficient (Wildman–Crippen LogP) is 16.0. The number of fused-ring (bicyclic) bond motifs is 8. The lowest BCUT2D eigenvalue weighted by atomic mass is 9.91. The Kier molecular flexibility index (Phi) is 7.75. The second-order valence-electron chi connectivity index (χ2n) is 14.5. The van der Waals surface area contributed by atoms with Gasteiger partial charge in [0.1, 0.15) is 0 Å². The van der Waals surface area contributed by atoms with Crippen molar-refractivity contribution < 1.29 is 0 Å². The summed E-state index contributed by atoms with van der Waals surface area (Å²) in [4.78, 5) is 2.39. The molecule has 0 radical (unpaired) electrons. The quantitative estimate of drug-likeness (QED) is 0.154. The average Bonchev–Trinajstić information content (AvgIpc) is 3.66. The Morgan fingerprint density at radius 2 is 0.857 bits per heavy atom. The topological polar surface area (TPSA) is 3.24 Å². The van der Waals surface area contributed by atoms with Crippen molar-refractivity contribution >= 4 is 80.9 Å². The zero-order valence-electron chi connectivity index (χ0n) is 30.6. The molecule has 11 rings (SSSR count). The predicted molar refractivity (Wildman–Crippen MR) is 243 cm³/mol. The van der Waals surface area contributed by atoms with E-state index in [2.05, 4.69) is 217 Å². The van der Waals surface area contributed by atoms with Crippen LogP contribution in [0.1, 0.15) is 0 Å². The molecular weight excluding hydrogens is 695 g/mol. The number of benzene rings is 10. The van der Waals surface area contributed by atoms with Crippen molar-refractivity contribution in [3.8, 4) is 33.4 Å². The van der Waals surface area contributed by atoms with Crippen LogP contribution >= 0.6 is 11.3 Å². The second-order valence-corrected chi connectivity index (χ2v) is 15.6. The van der Waals surface area contributed by atoms with E-state index in [0.29, 0.717) is 0 Å². The van der Waals surface area contributed by atoms with Gasteiger partial charge < -0.3 is 4.90 Å². The lowest BCUT2D eigenvalue weighted by Crippen LogP contribution is -2.10. The molecule has 0 spiro atoms. The molecule has 0 atom stereocenters. The molecule has 10 aromatic carbocycles. The number of thiophene rings is 1. The maximum absolute atomic E-state index is 2.39. The molecule has 56 heavy (non-hydrogen) atoms. The van der Waals surface area contributed by atoms with Crippen LogP contribution in [0.2, 0.25) is 0 Å². The fraction of sp³-hybridized carbons (Fsp3) is 0. The molecule has 0 bridgehead atoms. The number of rotatable bonds is 6. The minimum absolute atomic E-state index is 1.11. The monoisotopic (exact) mass is 729 g/mol. The first-order valence-electron chi connectivity index (χ1n) is 19.2. The standard InChI is InChI=1S/C54H35NS/c1-2-11-36(12-3-1)37-23-29-42(30-24-37)55(44-16-8-15-41(35-44)47-20-10-22-52-54(47)50-18-6-7-21-51(50)56-52)43-31-25-39(26-32-43)46-19-9-14-40-28-33-48-45-17-5-4-13-38(45)27-34-49(48)53(40)46/h1-35H. The van der Waals surface area contributed by atoms with E-state index in [1.165, 1.54) is 85.9 Å². The number of hydrogen-bond acceptors (Lipinski definition) is 2. The molecule has 0 aliphatic carbocycles. The van der Waals surface area contributed by atoms with Gasteiger partial charge in [-0.3, -0.25) is 0 Å². The van der Waals surface area contributed by atoms with Crippen LogP contribution in [0.25, 0.3) is 85.9 Å². The first kappa shape index (κ1) is 32.4. The molecule has 11 aromatic rings. The normalized spacial score (nSPS) is 11.6. The molecule has 0 saturated heterocycles. The van der Waals surface area contributed by atoms with Crippen LogP contribution in [-0.2, 0) is 0 Å². The molecule has 0 aliphatic heterocycles. The molecule has 1 heterocycles. The molecule has 262 valence electrons. The van der Waals surface area contributed by atoms with E-state index in [0.717, 1.165) is 17.1 Å².